The van der Waals surface area contributed by atoms with E-state index in [1.165, 1.54) is 58.0 Å². The number of nitrogens with zero attached hydrogens (tertiary/aromatic N) is 2. The second kappa shape index (κ2) is 6.79. The minimum Gasteiger partial charge on any atom is -0.357 e. The zero-order valence-corrected chi connectivity index (χ0v) is 12.9. The third kappa shape index (κ3) is 3.87. The molecule has 3 aliphatic rings. The molecule has 0 bridgehead atoms. The van der Waals surface area contributed by atoms with Gasteiger partial charge in [0.15, 0.2) is 5.96 Å². The van der Waals surface area contributed by atoms with E-state index in [1.54, 1.807) is 0 Å². The van der Waals surface area contributed by atoms with E-state index in [1.807, 2.05) is 0 Å². The van der Waals surface area contributed by atoms with Crippen LogP contribution >= 0.6 is 0 Å². The first-order valence-electron chi connectivity index (χ1n) is 8.64. The van der Waals surface area contributed by atoms with Gasteiger partial charge in [0, 0.05) is 38.3 Å². The molecule has 0 radical (unpaired) electrons. The fourth-order valence-electron chi connectivity index (χ4n) is 3.54. The maximum absolute atomic E-state index is 4.74. The Morgan fingerprint density at radius 3 is 2.65 bits per heavy atom. The lowest BCUT2D eigenvalue weighted by molar-refractivity contribution is 0.242. The quantitative estimate of drug-likeness (QED) is 0.596. The summed E-state index contributed by atoms with van der Waals surface area (Å²) in [6.45, 7) is 6.58. The third-order valence-corrected chi connectivity index (χ3v) is 4.95. The normalized spacial score (nSPS) is 29.1. The Morgan fingerprint density at radius 1 is 1.15 bits per heavy atom. The van der Waals surface area contributed by atoms with Gasteiger partial charge >= 0.3 is 0 Å². The summed E-state index contributed by atoms with van der Waals surface area (Å²) in [7, 11) is 0. The van der Waals surface area contributed by atoms with Gasteiger partial charge in [0.25, 0.3) is 0 Å². The summed E-state index contributed by atoms with van der Waals surface area (Å²) in [4.78, 5) is 7.44. The van der Waals surface area contributed by atoms with Crippen molar-refractivity contribution in [2.75, 3.05) is 26.2 Å². The van der Waals surface area contributed by atoms with E-state index in [-0.39, 0.29) is 0 Å². The molecule has 2 aliphatic carbocycles. The van der Waals surface area contributed by atoms with Crippen molar-refractivity contribution in [2.45, 2.75) is 64.0 Å². The number of likely N-dealkylation sites (tertiary alicyclic amines) is 1. The van der Waals surface area contributed by atoms with Gasteiger partial charge in [-0.15, -0.1) is 0 Å². The smallest absolute Gasteiger partial charge is 0.191 e. The molecule has 1 aliphatic heterocycles. The molecule has 20 heavy (non-hydrogen) atoms. The minimum absolute atomic E-state index is 0.590. The van der Waals surface area contributed by atoms with E-state index in [9.17, 15) is 0 Å². The van der Waals surface area contributed by atoms with Crippen LogP contribution in [-0.4, -0.2) is 49.1 Å². The highest BCUT2D eigenvalue weighted by Gasteiger charge is 2.30. The SMILES string of the molecule is CCNC(=NCC1CC1)NC1CCN(C2CCCC2)C1. The van der Waals surface area contributed by atoms with Crippen LogP contribution in [0.15, 0.2) is 4.99 Å². The molecule has 4 heteroatoms. The van der Waals surface area contributed by atoms with E-state index in [4.69, 9.17) is 4.99 Å². The highest BCUT2D eigenvalue weighted by atomic mass is 15.3. The van der Waals surface area contributed by atoms with Crippen molar-refractivity contribution in [1.82, 2.24) is 15.5 Å². The molecular formula is C16H30N4. The summed E-state index contributed by atoms with van der Waals surface area (Å²) < 4.78 is 0. The van der Waals surface area contributed by atoms with Gasteiger partial charge in [-0.2, -0.15) is 0 Å². The lowest BCUT2D eigenvalue weighted by Crippen LogP contribution is -2.45. The maximum atomic E-state index is 4.74. The van der Waals surface area contributed by atoms with Gasteiger partial charge in [-0.1, -0.05) is 12.8 Å². The zero-order chi connectivity index (χ0) is 13.8. The number of rotatable bonds is 5. The number of nitrogens with one attached hydrogen (secondary N) is 2. The second-order valence-electron chi connectivity index (χ2n) is 6.73. The molecule has 2 saturated carbocycles. The van der Waals surface area contributed by atoms with E-state index in [2.05, 4.69) is 22.5 Å². The van der Waals surface area contributed by atoms with Gasteiger partial charge in [0.2, 0.25) is 0 Å². The van der Waals surface area contributed by atoms with Crippen molar-refractivity contribution < 1.29 is 0 Å². The Balaban J connectivity index is 1.46. The molecule has 0 aromatic carbocycles. The standard InChI is InChI=1S/C16H30N4/c1-2-17-16(18-11-13-7-8-13)19-14-9-10-20(12-14)15-5-3-4-6-15/h13-15H,2-12H2,1H3,(H2,17,18,19). The van der Waals surface area contributed by atoms with Crippen molar-refractivity contribution in [2.24, 2.45) is 10.9 Å². The minimum atomic E-state index is 0.590. The molecule has 4 nitrogen and oxygen atoms in total. The van der Waals surface area contributed by atoms with Crippen LogP contribution in [0.3, 0.4) is 0 Å². The van der Waals surface area contributed by atoms with Crippen LogP contribution in [0.25, 0.3) is 0 Å². The van der Waals surface area contributed by atoms with Crippen molar-refractivity contribution in [1.29, 1.82) is 0 Å². The number of guanidine groups is 1. The zero-order valence-electron chi connectivity index (χ0n) is 12.9. The molecular weight excluding hydrogens is 248 g/mol. The first-order valence-corrected chi connectivity index (χ1v) is 8.64. The molecule has 0 aromatic rings. The fourth-order valence-corrected chi connectivity index (χ4v) is 3.54. The van der Waals surface area contributed by atoms with Gasteiger partial charge in [-0.3, -0.25) is 9.89 Å². The Morgan fingerprint density at radius 2 is 1.95 bits per heavy atom. The van der Waals surface area contributed by atoms with E-state index in [0.29, 0.717) is 6.04 Å². The van der Waals surface area contributed by atoms with E-state index in [0.717, 1.165) is 31.0 Å². The molecule has 0 aromatic heterocycles. The molecule has 3 rings (SSSR count). The molecule has 1 saturated heterocycles. The van der Waals surface area contributed by atoms with Crippen LogP contribution < -0.4 is 10.6 Å². The molecule has 1 atom stereocenters. The highest BCUT2D eigenvalue weighted by molar-refractivity contribution is 5.80. The van der Waals surface area contributed by atoms with Crippen LogP contribution in [0.4, 0.5) is 0 Å². The van der Waals surface area contributed by atoms with E-state index < -0.39 is 0 Å². The summed E-state index contributed by atoms with van der Waals surface area (Å²) >= 11 is 0. The molecule has 0 spiro atoms. The summed E-state index contributed by atoms with van der Waals surface area (Å²) in [5.74, 6) is 1.90. The lowest BCUT2D eigenvalue weighted by Gasteiger charge is -2.24. The molecule has 2 N–H and O–H groups in total. The number of hydrogen-bond donors (Lipinski definition) is 2. The lowest BCUT2D eigenvalue weighted by atomic mass is 10.2. The maximum Gasteiger partial charge on any atom is 0.191 e. The van der Waals surface area contributed by atoms with Crippen molar-refractivity contribution in [3.63, 3.8) is 0 Å². The van der Waals surface area contributed by atoms with Gasteiger partial charge in [-0.25, -0.2) is 0 Å². The first kappa shape index (κ1) is 14.2. The average molecular weight is 278 g/mol. The van der Waals surface area contributed by atoms with Crippen LogP contribution in [0.2, 0.25) is 0 Å². The number of hydrogen-bond acceptors (Lipinski definition) is 2. The predicted molar refractivity (Wildman–Crippen MR) is 84.1 cm³/mol. The molecule has 1 heterocycles. The van der Waals surface area contributed by atoms with Gasteiger partial charge < -0.3 is 10.6 Å². The van der Waals surface area contributed by atoms with Crippen LogP contribution in [-0.2, 0) is 0 Å². The van der Waals surface area contributed by atoms with Gasteiger partial charge in [0.05, 0.1) is 0 Å². The van der Waals surface area contributed by atoms with Gasteiger partial charge in [-0.05, 0) is 44.9 Å². The molecule has 1 unspecified atom stereocenters. The number of aliphatic imine (C=N–C) groups is 1. The van der Waals surface area contributed by atoms with Crippen LogP contribution in [0, 0.1) is 5.92 Å². The van der Waals surface area contributed by atoms with Crippen molar-refractivity contribution in [3.05, 3.63) is 0 Å². The first-order chi connectivity index (χ1) is 9.85. The molecule has 0 amide bonds. The summed E-state index contributed by atoms with van der Waals surface area (Å²) in [6.07, 6.45) is 9.73. The largest absolute Gasteiger partial charge is 0.357 e. The average Bonchev–Trinajstić information content (AvgIpc) is 2.92. The van der Waals surface area contributed by atoms with Gasteiger partial charge in [0.1, 0.15) is 0 Å². The molecule has 3 fully saturated rings. The Kier molecular flexibility index (Phi) is 4.81. The summed E-state index contributed by atoms with van der Waals surface area (Å²) in [5.41, 5.74) is 0. The van der Waals surface area contributed by atoms with Crippen molar-refractivity contribution >= 4 is 5.96 Å². The van der Waals surface area contributed by atoms with Crippen molar-refractivity contribution in [3.8, 4) is 0 Å². The van der Waals surface area contributed by atoms with E-state index >= 15 is 0 Å². The monoisotopic (exact) mass is 278 g/mol. The second-order valence-corrected chi connectivity index (χ2v) is 6.73. The fraction of sp³-hybridized carbons (Fsp3) is 0.938. The highest BCUT2D eigenvalue weighted by Crippen LogP contribution is 2.29. The van der Waals surface area contributed by atoms with Crippen LogP contribution in [0.5, 0.6) is 0 Å². The predicted octanol–water partition coefficient (Wildman–Crippen LogP) is 1.97. The Hall–Kier alpha value is -0.770. The summed E-state index contributed by atoms with van der Waals surface area (Å²) in [5, 5.41) is 7.05. The Labute approximate surface area is 123 Å². The summed E-state index contributed by atoms with van der Waals surface area (Å²) in [6, 6.07) is 1.46. The molecule has 114 valence electrons. The van der Waals surface area contributed by atoms with Crippen LogP contribution in [0.1, 0.15) is 51.9 Å². The third-order valence-electron chi connectivity index (χ3n) is 4.95. The Bertz CT molecular complexity index is 331. The topological polar surface area (TPSA) is 39.7 Å².